The van der Waals surface area contributed by atoms with Crippen molar-refractivity contribution in [2.75, 3.05) is 0 Å². The van der Waals surface area contributed by atoms with Gasteiger partial charge < -0.3 is 0 Å². The van der Waals surface area contributed by atoms with E-state index in [1.54, 1.807) is 72.8 Å². The lowest BCUT2D eigenvalue weighted by Gasteiger charge is -2.30. The summed E-state index contributed by atoms with van der Waals surface area (Å²) in [7, 11) is 0. The second-order valence-electron chi connectivity index (χ2n) is 12.2. The van der Waals surface area contributed by atoms with E-state index in [9.17, 15) is 31.6 Å². The number of rotatable bonds is 6. The van der Waals surface area contributed by atoms with Crippen LogP contribution in [0.5, 0.6) is 0 Å². The second kappa shape index (κ2) is 14.8. The van der Waals surface area contributed by atoms with Crippen molar-refractivity contribution in [1.82, 2.24) is 0 Å². The lowest BCUT2D eigenvalue weighted by molar-refractivity contribution is 1.43. The predicted molar refractivity (Wildman–Crippen MR) is 207 cm³/mol. The summed E-state index contributed by atoms with van der Waals surface area (Å²) in [6, 6.07) is 57.0. The molecule has 7 aromatic carbocycles. The number of hydrogen-bond acceptors (Lipinski definition) is 6. The molecule has 0 unspecified atom stereocenters. The zero-order chi connectivity index (χ0) is 37.6. The molecule has 7 aromatic rings. The molecule has 6 nitrogen and oxygen atoms in total. The molecule has 7 rings (SSSR count). The number of nitriles is 6. The minimum Gasteiger partial charge on any atom is -0.192 e. The molecule has 0 fully saturated rings. The average molecular weight is 685 g/mol. The van der Waals surface area contributed by atoms with Crippen LogP contribution in [-0.2, 0) is 0 Å². The maximum absolute atomic E-state index is 10.7. The van der Waals surface area contributed by atoms with Crippen LogP contribution in [0, 0.1) is 68.0 Å². The summed E-state index contributed by atoms with van der Waals surface area (Å²) in [5.41, 5.74) is 8.94. The van der Waals surface area contributed by atoms with Gasteiger partial charge in [0, 0.05) is 44.5 Å². The van der Waals surface area contributed by atoms with E-state index in [0.29, 0.717) is 100 Å². The number of benzene rings is 7. The minimum atomic E-state index is 0.342. The van der Waals surface area contributed by atoms with E-state index in [4.69, 9.17) is 0 Å². The van der Waals surface area contributed by atoms with Crippen molar-refractivity contribution in [3.8, 4) is 103 Å². The van der Waals surface area contributed by atoms with Gasteiger partial charge in [-0.05, 0) is 64.7 Å². The van der Waals surface area contributed by atoms with Crippen LogP contribution in [0.2, 0.25) is 0 Å². The van der Waals surface area contributed by atoms with Gasteiger partial charge in [0.15, 0.2) is 0 Å². The first-order chi connectivity index (χ1) is 26.6. The van der Waals surface area contributed by atoms with Crippen LogP contribution < -0.4 is 0 Å². The van der Waals surface area contributed by atoms with Crippen molar-refractivity contribution < 1.29 is 0 Å². The van der Waals surface area contributed by atoms with Gasteiger partial charge in [-0.25, -0.2) is 0 Å². The fourth-order valence-electron chi connectivity index (χ4n) is 7.09. The summed E-state index contributed by atoms with van der Waals surface area (Å²) < 4.78 is 0. The quantitative estimate of drug-likeness (QED) is 0.170. The Labute approximate surface area is 312 Å². The highest BCUT2D eigenvalue weighted by Gasteiger charge is 2.33. The van der Waals surface area contributed by atoms with E-state index in [2.05, 4.69) is 36.4 Å². The molecule has 0 heterocycles. The molecule has 0 amide bonds. The number of nitrogens with zero attached hydrogens (tertiary/aromatic N) is 6. The van der Waals surface area contributed by atoms with Crippen LogP contribution in [0.1, 0.15) is 33.4 Å². The molecule has 54 heavy (non-hydrogen) atoms. The van der Waals surface area contributed by atoms with Gasteiger partial charge in [-0.2, -0.15) is 31.6 Å². The molecule has 0 atom stereocenters. The van der Waals surface area contributed by atoms with Crippen LogP contribution in [0.25, 0.3) is 66.8 Å². The van der Waals surface area contributed by atoms with Crippen molar-refractivity contribution in [2.24, 2.45) is 0 Å². The van der Waals surface area contributed by atoms with Crippen LogP contribution in [0.3, 0.4) is 0 Å². The molecule has 0 spiro atoms. The SMILES string of the molecule is N#Cc1ccc(-c2c(-c3ccccc3C#N)c(-c3ccccc3C#N)c(-c3ccccc3C#N)c(-c3ccccc3C#N)c2-c2ccccc2C#N)cc1. The minimum absolute atomic E-state index is 0.342. The average Bonchev–Trinajstić information content (AvgIpc) is 3.25. The maximum atomic E-state index is 10.7. The monoisotopic (exact) mass is 684 g/mol. The Bertz CT molecular complexity index is 2750. The van der Waals surface area contributed by atoms with Crippen molar-refractivity contribution in [3.05, 3.63) is 179 Å². The third-order valence-electron chi connectivity index (χ3n) is 9.39. The van der Waals surface area contributed by atoms with Gasteiger partial charge in [-0.3, -0.25) is 0 Å². The molecule has 0 aliphatic carbocycles. The first kappa shape index (κ1) is 34.0. The molecule has 0 aliphatic heterocycles. The molecule has 0 radical (unpaired) electrons. The van der Waals surface area contributed by atoms with Crippen molar-refractivity contribution >= 4 is 0 Å². The van der Waals surface area contributed by atoms with Gasteiger partial charge in [0.25, 0.3) is 0 Å². The van der Waals surface area contributed by atoms with Crippen molar-refractivity contribution in [1.29, 1.82) is 31.6 Å². The van der Waals surface area contributed by atoms with Crippen LogP contribution in [0.4, 0.5) is 0 Å². The van der Waals surface area contributed by atoms with E-state index in [1.165, 1.54) is 0 Å². The van der Waals surface area contributed by atoms with Gasteiger partial charge in [0.1, 0.15) is 0 Å². The fourth-order valence-corrected chi connectivity index (χ4v) is 7.09. The lowest BCUT2D eigenvalue weighted by atomic mass is 9.72. The predicted octanol–water partition coefficient (Wildman–Crippen LogP) is 10.9. The summed E-state index contributed by atoms with van der Waals surface area (Å²) in [5, 5.41) is 63.1. The van der Waals surface area contributed by atoms with Crippen LogP contribution >= 0.6 is 0 Å². The third kappa shape index (κ3) is 5.78. The molecule has 0 N–H and O–H groups in total. The second-order valence-corrected chi connectivity index (χ2v) is 12.2. The number of hydrogen-bond donors (Lipinski definition) is 0. The van der Waals surface area contributed by atoms with Gasteiger partial charge in [0.05, 0.1) is 69.8 Å². The highest BCUT2D eigenvalue weighted by molar-refractivity contribution is 6.17. The Morgan fingerprint density at radius 1 is 0.241 bits per heavy atom. The Hall–Kier alpha value is -8.52. The molecular weight excluding hydrogens is 661 g/mol. The Kier molecular flexibility index (Phi) is 9.28. The molecule has 6 heteroatoms. The third-order valence-corrected chi connectivity index (χ3v) is 9.39. The fraction of sp³-hybridized carbons (Fsp3) is 0. The van der Waals surface area contributed by atoms with Gasteiger partial charge >= 0.3 is 0 Å². The highest BCUT2D eigenvalue weighted by Crippen LogP contribution is 2.57. The Balaban J connectivity index is 1.96. The summed E-state index contributed by atoms with van der Waals surface area (Å²) >= 11 is 0. The zero-order valence-electron chi connectivity index (χ0n) is 28.5. The molecule has 0 saturated heterocycles. The van der Waals surface area contributed by atoms with Gasteiger partial charge in [-0.1, -0.05) is 103 Å². The van der Waals surface area contributed by atoms with Crippen LogP contribution in [0.15, 0.2) is 146 Å². The first-order valence-electron chi connectivity index (χ1n) is 16.8. The summed E-state index contributed by atoms with van der Waals surface area (Å²) in [4.78, 5) is 0. The lowest BCUT2D eigenvalue weighted by Crippen LogP contribution is -2.05. The standard InChI is InChI=1S/C48H24N6/c49-25-31-21-23-32(24-22-31)43-44(38-16-6-1-11-33(38)26-50)46(40-18-8-3-13-35(40)28-52)48(42-20-10-5-15-37(42)30-54)47(41-19-9-4-14-36(41)29-53)45(43)39-17-7-2-12-34(39)27-51/h1-24H. The topological polar surface area (TPSA) is 143 Å². The van der Waals surface area contributed by atoms with E-state index in [1.807, 2.05) is 72.8 Å². The Morgan fingerprint density at radius 3 is 0.722 bits per heavy atom. The molecule has 0 saturated carbocycles. The van der Waals surface area contributed by atoms with E-state index >= 15 is 0 Å². The maximum Gasteiger partial charge on any atom is 0.0998 e. The molecule has 0 aliphatic rings. The molecular formula is C48H24N6. The summed E-state index contributed by atoms with van der Waals surface area (Å²) in [5.74, 6) is 0. The smallest absolute Gasteiger partial charge is 0.0998 e. The largest absolute Gasteiger partial charge is 0.192 e. The first-order valence-corrected chi connectivity index (χ1v) is 16.8. The van der Waals surface area contributed by atoms with Crippen molar-refractivity contribution in [3.63, 3.8) is 0 Å². The van der Waals surface area contributed by atoms with Gasteiger partial charge in [-0.15, -0.1) is 0 Å². The normalized spacial score (nSPS) is 10.1. The zero-order valence-corrected chi connectivity index (χ0v) is 28.5. The summed E-state index contributed by atoms with van der Waals surface area (Å²) in [6.07, 6.45) is 0. The molecule has 0 bridgehead atoms. The molecule has 0 aromatic heterocycles. The summed E-state index contributed by atoms with van der Waals surface area (Å²) in [6.45, 7) is 0. The molecule has 246 valence electrons. The van der Waals surface area contributed by atoms with Gasteiger partial charge in [0.2, 0.25) is 0 Å². The Morgan fingerprint density at radius 2 is 0.481 bits per heavy atom. The van der Waals surface area contributed by atoms with Crippen molar-refractivity contribution in [2.45, 2.75) is 0 Å². The van der Waals surface area contributed by atoms with Crippen LogP contribution in [-0.4, -0.2) is 0 Å². The van der Waals surface area contributed by atoms with E-state index in [-0.39, 0.29) is 0 Å². The van der Waals surface area contributed by atoms with E-state index in [0.717, 1.165) is 0 Å². The highest BCUT2D eigenvalue weighted by atomic mass is 14.4. The van der Waals surface area contributed by atoms with E-state index < -0.39 is 0 Å².